The summed E-state index contributed by atoms with van der Waals surface area (Å²) in [4.78, 5) is 17.8. The van der Waals surface area contributed by atoms with Gasteiger partial charge in [0.15, 0.2) is 0 Å². The molecular formula is C21H24N4O2. The zero-order chi connectivity index (χ0) is 19.1. The summed E-state index contributed by atoms with van der Waals surface area (Å²) in [5, 5.41) is 4.05. The number of amides is 1. The highest BCUT2D eigenvalue weighted by atomic mass is 16.5. The van der Waals surface area contributed by atoms with Gasteiger partial charge in [-0.25, -0.2) is 0 Å². The van der Waals surface area contributed by atoms with E-state index in [0.29, 0.717) is 31.1 Å². The predicted molar refractivity (Wildman–Crippen MR) is 105 cm³/mol. The summed E-state index contributed by atoms with van der Waals surface area (Å²) in [5.74, 6) is 0.930. The Kier molecular flexibility index (Phi) is 6.20. The minimum Gasteiger partial charge on any atom is -0.371 e. The van der Waals surface area contributed by atoms with Crippen LogP contribution in [0.3, 0.4) is 0 Å². The molecule has 3 aromatic rings. The van der Waals surface area contributed by atoms with Crippen molar-refractivity contribution >= 4 is 11.6 Å². The van der Waals surface area contributed by atoms with Gasteiger partial charge in [-0.15, -0.1) is 0 Å². The molecule has 0 saturated carbocycles. The van der Waals surface area contributed by atoms with E-state index in [1.54, 1.807) is 0 Å². The molecule has 1 amide bonds. The van der Waals surface area contributed by atoms with Gasteiger partial charge in [0.2, 0.25) is 17.6 Å². The molecule has 3 rings (SSSR count). The van der Waals surface area contributed by atoms with Crippen LogP contribution in [0.5, 0.6) is 0 Å². The molecule has 0 fully saturated rings. The molecule has 1 aromatic heterocycles. The summed E-state index contributed by atoms with van der Waals surface area (Å²) in [5.41, 5.74) is 8.54. The van der Waals surface area contributed by atoms with Gasteiger partial charge in [-0.2, -0.15) is 4.98 Å². The summed E-state index contributed by atoms with van der Waals surface area (Å²) in [6.07, 6.45) is 1.84. The topological polar surface area (TPSA) is 85.2 Å². The molecule has 140 valence electrons. The van der Waals surface area contributed by atoms with Crippen molar-refractivity contribution in [3.8, 4) is 11.4 Å². The Bertz CT molecular complexity index is 877. The lowest BCUT2D eigenvalue weighted by atomic mass is 10.2. The lowest BCUT2D eigenvalue weighted by molar-refractivity contribution is -0.117. The Hall–Kier alpha value is -3.15. The van der Waals surface area contributed by atoms with Crippen LogP contribution in [-0.4, -0.2) is 29.1 Å². The van der Waals surface area contributed by atoms with Crippen LogP contribution in [-0.2, 0) is 11.2 Å². The number of primary amides is 1. The predicted octanol–water partition coefficient (Wildman–Crippen LogP) is 3.36. The second-order valence-electron chi connectivity index (χ2n) is 6.52. The third-order valence-electron chi connectivity index (χ3n) is 4.31. The Balaban J connectivity index is 1.60. The molecule has 0 aliphatic heterocycles. The molecule has 0 aliphatic carbocycles. The molecule has 6 heteroatoms. The first kappa shape index (κ1) is 18.6. The summed E-state index contributed by atoms with van der Waals surface area (Å²) >= 11 is 0. The number of benzene rings is 2. The van der Waals surface area contributed by atoms with Crippen LogP contribution >= 0.6 is 0 Å². The second-order valence-corrected chi connectivity index (χ2v) is 6.52. The third-order valence-corrected chi connectivity index (χ3v) is 4.31. The molecule has 0 spiro atoms. The van der Waals surface area contributed by atoms with E-state index in [4.69, 9.17) is 10.3 Å². The lowest BCUT2D eigenvalue weighted by Gasteiger charge is -2.24. The quantitative estimate of drug-likeness (QED) is 0.629. The van der Waals surface area contributed by atoms with Crippen LogP contribution in [0, 0.1) is 6.92 Å². The van der Waals surface area contributed by atoms with Gasteiger partial charge in [-0.1, -0.05) is 47.6 Å². The Morgan fingerprint density at radius 3 is 2.67 bits per heavy atom. The van der Waals surface area contributed by atoms with Crippen molar-refractivity contribution in [1.29, 1.82) is 0 Å². The maximum Gasteiger partial charge on any atom is 0.227 e. The Morgan fingerprint density at radius 1 is 1.11 bits per heavy atom. The van der Waals surface area contributed by atoms with Crippen LogP contribution in [0.15, 0.2) is 59.1 Å². The minimum atomic E-state index is -0.294. The largest absolute Gasteiger partial charge is 0.371 e. The zero-order valence-electron chi connectivity index (χ0n) is 15.5. The van der Waals surface area contributed by atoms with Crippen LogP contribution in [0.2, 0.25) is 0 Å². The Labute approximate surface area is 159 Å². The summed E-state index contributed by atoms with van der Waals surface area (Å²) in [6, 6.07) is 18.0. The zero-order valence-corrected chi connectivity index (χ0v) is 15.5. The number of rotatable bonds is 9. The van der Waals surface area contributed by atoms with E-state index in [2.05, 4.69) is 34.1 Å². The average molecular weight is 364 g/mol. The van der Waals surface area contributed by atoms with Gasteiger partial charge in [0.1, 0.15) is 0 Å². The number of carbonyl (C=O) groups excluding carboxylic acids is 1. The van der Waals surface area contributed by atoms with E-state index >= 15 is 0 Å². The molecule has 2 N–H and O–H groups in total. The fourth-order valence-electron chi connectivity index (χ4n) is 2.92. The highest BCUT2D eigenvalue weighted by molar-refractivity contribution is 5.74. The van der Waals surface area contributed by atoms with Gasteiger partial charge in [0.05, 0.1) is 0 Å². The van der Waals surface area contributed by atoms with Crippen LogP contribution in [0.4, 0.5) is 5.69 Å². The smallest absolute Gasteiger partial charge is 0.227 e. The monoisotopic (exact) mass is 364 g/mol. The van der Waals surface area contributed by atoms with Crippen molar-refractivity contribution in [2.24, 2.45) is 5.73 Å². The molecule has 0 radical (unpaired) electrons. The van der Waals surface area contributed by atoms with E-state index < -0.39 is 0 Å². The summed E-state index contributed by atoms with van der Waals surface area (Å²) in [7, 11) is 0. The van der Waals surface area contributed by atoms with Crippen LogP contribution in [0.1, 0.15) is 24.3 Å². The van der Waals surface area contributed by atoms with Gasteiger partial charge < -0.3 is 15.2 Å². The minimum absolute atomic E-state index is 0.294. The number of hydrogen-bond acceptors (Lipinski definition) is 5. The molecule has 0 unspecified atom stereocenters. The lowest BCUT2D eigenvalue weighted by Crippen LogP contribution is -2.29. The third kappa shape index (κ3) is 5.41. The number of carbonyl (C=O) groups is 1. The number of hydrogen-bond donors (Lipinski definition) is 1. The maximum atomic E-state index is 11.2. The summed E-state index contributed by atoms with van der Waals surface area (Å²) < 4.78 is 5.37. The fourth-order valence-corrected chi connectivity index (χ4v) is 2.92. The first-order chi connectivity index (χ1) is 13.1. The van der Waals surface area contributed by atoms with Crippen molar-refractivity contribution in [3.63, 3.8) is 0 Å². The maximum absolute atomic E-state index is 11.2. The molecular weight excluding hydrogens is 340 g/mol. The molecule has 0 aliphatic rings. The van der Waals surface area contributed by atoms with Gasteiger partial charge in [-0.05, 0) is 31.0 Å². The number of nitrogens with zero attached hydrogens (tertiary/aromatic N) is 3. The normalized spacial score (nSPS) is 10.7. The van der Waals surface area contributed by atoms with E-state index in [1.165, 1.54) is 5.56 Å². The van der Waals surface area contributed by atoms with Gasteiger partial charge in [-0.3, -0.25) is 4.79 Å². The summed E-state index contributed by atoms with van der Waals surface area (Å²) in [6.45, 7) is 3.43. The van der Waals surface area contributed by atoms with E-state index in [0.717, 1.165) is 24.2 Å². The number of nitrogens with two attached hydrogens (primary N) is 1. The van der Waals surface area contributed by atoms with Gasteiger partial charge in [0, 0.05) is 37.2 Å². The molecule has 1 heterocycles. The molecule has 27 heavy (non-hydrogen) atoms. The standard InChI is InChI=1S/C21H24N4O2/c1-16-7-5-10-18(15-16)25(14-12-19(22)26)13-6-11-20-23-21(24-27-20)17-8-3-2-4-9-17/h2-5,7-10,15H,6,11-14H2,1H3,(H2,22,26). The highest BCUT2D eigenvalue weighted by Gasteiger charge is 2.11. The first-order valence-electron chi connectivity index (χ1n) is 9.10. The van der Waals surface area contributed by atoms with E-state index in [-0.39, 0.29) is 5.91 Å². The van der Waals surface area contributed by atoms with Gasteiger partial charge in [0.25, 0.3) is 0 Å². The number of aryl methyl sites for hydroxylation is 2. The molecule has 2 aromatic carbocycles. The molecule has 0 saturated heterocycles. The highest BCUT2D eigenvalue weighted by Crippen LogP contribution is 2.18. The molecule has 6 nitrogen and oxygen atoms in total. The SMILES string of the molecule is Cc1cccc(N(CCCc2nc(-c3ccccc3)no2)CCC(N)=O)c1. The van der Waals surface area contributed by atoms with Crippen LogP contribution < -0.4 is 10.6 Å². The second kappa shape index (κ2) is 8.98. The van der Waals surface area contributed by atoms with Crippen molar-refractivity contribution in [3.05, 3.63) is 66.1 Å². The van der Waals surface area contributed by atoms with Crippen molar-refractivity contribution in [1.82, 2.24) is 10.1 Å². The van der Waals surface area contributed by atoms with Crippen LogP contribution in [0.25, 0.3) is 11.4 Å². The molecule has 0 bridgehead atoms. The van der Waals surface area contributed by atoms with E-state index in [1.807, 2.05) is 42.5 Å². The number of aromatic nitrogens is 2. The first-order valence-corrected chi connectivity index (χ1v) is 9.10. The van der Waals surface area contributed by atoms with Crippen molar-refractivity contribution in [2.45, 2.75) is 26.2 Å². The Morgan fingerprint density at radius 2 is 1.93 bits per heavy atom. The van der Waals surface area contributed by atoms with Crippen molar-refractivity contribution in [2.75, 3.05) is 18.0 Å². The molecule has 0 atom stereocenters. The average Bonchev–Trinajstić information content (AvgIpc) is 3.14. The van der Waals surface area contributed by atoms with Crippen molar-refractivity contribution < 1.29 is 9.32 Å². The number of anilines is 1. The van der Waals surface area contributed by atoms with E-state index in [9.17, 15) is 4.79 Å². The fraction of sp³-hybridized carbons (Fsp3) is 0.286. The van der Waals surface area contributed by atoms with Gasteiger partial charge >= 0.3 is 0 Å².